The van der Waals surface area contributed by atoms with E-state index < -0.39 is 0 Å². The van der Waals surface area contributed by atoms with Crippen LogP contribution in [-0.2, 0) is 23.9 Å². The number of benzene rings is 1. The largest absolute Gasteiger partial charge is 0.460 e. The number of rotatable bonds is 13. The van der Waals surface area contributed by atoms with Crippen molar-refractivity contribution in [1.29, 1.82) is 0 Å². The van der Waals surface area contributed by atoms with Crippen LogP contribution < -0.4 is 5.32 Å². The molecule has 0 spiro atoms. The third-order valence-corrected chi connectivity index (χ3v) is 9.01. The van der Waals surface area contributed by atoms with Crippen LogP contribution in [0.15, 0.2) is 30.3 Å². The van der Waals surface area contributed by atoms with Gasteiger partial charge in [-0.2, -0.15) is 0 Å². The van der Waals surface area contributed by atoms with E-state index in [1.165, 1.54) is 32.4 Å². The summed E-state index contributed by atoms with van der Waals surface area (Å²) in [6.07, 6.45) is 10.8. The maximum Gasteiger partial charge on any atom is 0.293 e. The third-order valence-electron chi connectivity index (χ3n) is 9.01. The maximum atomic E-state index is 12.8. The van der Waals surface area contributed by atoms with Crippen molar-refractivity contribution in [3.8, 4) is 0 Å². The number of hydrogen-bond donors (Lipinski definition) is 1. The fourth-order valence-corrected chi connectivity index (χ4v) is 6.29. The monoisotopic (exact) mass is 688 g/mol. The normalized spacial score (nSPS) is 18.9. The lowest BCUT2D eigenvalue weighted by molar-refractivity contribution is -0.136. The first-order chi connectivity index (χ1) is 23.5. The standard InChI is InChI=1S/C18H32N4O3.C11H14O2.C6H13N.C4H10/c1-14(2)16(20(3)17(24)11-19-13-23)12-22-10-6-7-15(22)18(25)21-8-4-5-9-21;1-2-6-11(13-9-12)10-7-4-3-5-8-10;1-7-5-3-2-4-6-7;1-4(2)3/h13-16H,4-12H2,1-3H3,(H,19,23);3-5,7-9,11H,2,6H2,1H3;2-6H2,1H3;4H,1-3H3/t15-,16+;;;/m0.../s1. The van der Waals surface area contributed by atoms with Crippen LogP contribution in [0.5, 0.6) is 0 Å². The zero-order valence-electron chi connectivity index (χ0n) is 32.1. The molecule has 0 radical (unpaired) electrons. The van der Waals surface area contributed by atoms with Crippen molar-refractivity contribution < 1.29 is 23.9 Å². The van der Waals surface area contributed by atoms with Crippen LogP contribution in [0.4, 0.5) is 0 Å². The van der Waals surface area contributed by atoms with Gasteiger partial charge >= 0.3 is 0 Å². The molecule has 49 heavy (non-hydrogen) atoms. The van der Waals surface area contributed by atoms with E-state index >= 15 is 0 Å². The molecule has 3 amide bonds. The van der Waals surface area contributed by atoms with Crippen molar-refractivity contribution in [3.63, 3.8) is 0 Å². The molecule has 1 aromatic carbocycles. The van der Waals surface area contributed by atoms with Crippen LogP contribution >= 0.6 is 0 Å². The fraction of sp³-hybridized carbons (Fsp3) is 0.744. The molecule has 0 aromatic heterocycles. The molecule has 280 valence electrons. The molecule has 3 aliphatic heterocycles. The second-order valence-electron chi connectivity index (χ2n) is 14.5. The minimum absolute atomic E-state index is 0.0133. The zero-order valence-corrected chi connectivity index (χ0v) is 32.1. The summed E-state index contributed by atoms with van der Waals surface area (Å²) in [5.74, 6) is 1.26. The van der Waals surface area contributed by atoms with Gasteiger partial charge in [0.1, 0.15) is 6.10 Å². The minimum atomic E-state index is -0.104. The van der Waals surface area contributed by atoms with E-state index in [4.69, 9.17) is 4.74 Å². The molecule has 0 bridgehead atoms. The summed E-state index contributed by atoms with van der Waals surface area (Å²) in [6, 6.07) is 9.78. The summed E-state index contributed by atoms with van der Waals surface area (Å²) in [5, 5.41) is 2.43. The number of likely N-dealkylation sites (N-methyl/N-ethyl adjacent to an activating group) is 1. The number of nitrogens with zero attached hydrogens (tertiary/aromatic N) is 4. The van der Waals surface area contributed by atoms with Crippen molar-refractivity contribution in [2.75, 3.05) is 59.9 Å². The molecular formula is C39H69N5O5. The Morgan fingerprint density at radius 2 is 1.51 bits per heavy atom. The van der Waals surface area contributed by atoms with Crippen LogP contribution in [0.3, 0.4) is 0 Å². The molecule has 4 rings (SSSR count). The number of ether oxygens (including phenoxy) is 1. The molecule has 0 aliphatic carbocycles. The number of amides is 3. The minimum Gasteiger partial charge on any atom is -0.460 e. The van der Waals surface area contributed by atoms with E-state index in [9.17, 15) is 19.2 Å². The molecule has 3 aliphatic rings. The Morgan fingerprint density at radius 3 is 2.00 bits per heavy atom. The van der Waals surface area contributed by atoms with E-state index in [2.05, 4.69) is 63.7 Å². The van der Waals surface area contributed by atoms with Crippen LogP contribution in [-0.4, -0.2) is 116 Å². The van der Waals surface area contributed by atoms with E-state index in [1.807, 2.05) is 35.2 Å². The number of piperidine rings is 1. The first kappa shape index (κ1) is 44.0. The number of carbonyl (C=O) groups excluding carboxylic acids is 4. The topological polar surface area (TPSA) is 103 Å². The molecule has 1 aromatic rings. The fourth-order valence-electron chi connectivity index (χ4n) is 6.29. The molecule has 1 N–H and O–H groups in total. The van der Waals surface area contributed by atoms with Crippen LogP contribution in [0.1, 0.15) is 111 Å². The summed E-state index contributed by atoms with van der Waals surface area (Å²) in [7, 11) is 3.98. The molecule has 3 heterocycles. The number of hydrogen-bond acceptors (Lipinski definition) is 7. The van der Waals surface area contributed by atoms with Gasteiger partial charge in [-0.15, -0.1) is 0 Å². The second-order valence-corrected chi connectivity index (χ2v) is 14.5. The quantitative estimate of drug-likeness (QED) is 0.263. The maximum absolute atomic E-state index is 12.8. The molecule has 1 unspecified atom stereocenters. The zero-order chi connectivity index (χ0) is 36.6. The lowest BCUT2D eigenvalue weighted by Gasteiger charge is -2.37. The molecule has 0 saturated carbocycles. The van der Waals surface area contributed by atoms with Crippen LogP contribution in [0.25, 0.3) is 0 Å². The lowest BCUT2D eigenvalue weighted by atomic mass is 10.0. The van der Waals surface area contributed by atoms with Gasteiger partial charge in [-0.3, -0.25) is 24.1 Å². The van der Waals surface area contributed by atoms with Gasteiger partial charge in [-0.25, -0.2) is 0 Å². The summed E-state index contributed by atoms with van der Waals surface area (Å²) in [5.41, 5.74) is 1.07. The van der Waals surface area contributed by atoms with Gasteiger partial charge in [0.15, 0.2) is 0 Å². The predicted molar refractivity (Wildman–Crippen MR) is 199 cm³/mol. The van der Waals surface area contributed by atoms with E-state index in [1.54, 1.807) is 11.9 Å². The highest BCUT2D eigenvalue weighted by molar-refractivity contribution is 5.82. The van der Waals surface area contributed by atoms with Crippen molar-refractivity contribution >= 4 is 24.7 Å². The Morgan fingerprint density at radius 1 is 0.918 bits per heavy atom. The Hall–Kier alpha value is -2.98. The summed E-state index contributed by atoms with van der Waals surface area (Å²) >= 11 is 0. The average molecular weight is 688 g/mol. The molecule has 10 nitrogen and oxygen atoms in total. The van der Waals surface area contributed by atoms with Gasteiger partial charge in [0.05, 0.1) is 12.6 Å². The number of likely N-dealkylation sites (tertiary alicyclic amines) is 3. The molecular weight excluding hydrogens is 618 g/mol. The molecule has 3 saturated heterocycles. The van der Waals surface area contributed by atoms with Crippen LogP contribution in [0.2, 0.25) is 0 Å². The molecule has 3 fully saturated rings. The Balaban J connectivity index is 0.000000411. The van der Waals surface area contributed by atoms with Gasteiger partial charge in [0.25, 0.3) is 6.47 Å². The van der Waals surface area contributed by atoms with Gasteiger partial charge in [-0.1, -0.05) is 84.7 Å². The highest BCUT2D eigenvalue weighted by Gasteiger charge is 2.37. The Bertz CT molecular complexity index is 1030. The number of carbonyl (C=O) groups is 4. The average Bonchev–Trinajstić information content (AvgIpc) is 3.80. The van der Waals surface area contributed by atoms with Crippen LogP contribution in [0, 0.1) is 11.8 Å². The molecule has 10 heteroatoms. The highest BCUT2D eigenvalue weighted by Crippen LogP contribution is 2.24. The van der Waals surface area contributed by atoms with Crippen molar-refractivity contribution in [3.05, 3.63) is 35.9 Å². The van der Waals surface area contributed by atoms with Gasteiger partial charge < -0.3 is 24.8 Å². The second kappa shape index (κ2) is 25.9. The van der Waals surface area contributed by atoms with Gasteiger partial charge in [0, 0.05) is 32.7 Å². The third kappa shape index (κ3) is 18.0. The first-order valence-corrected chi connectivity index (χ1v) is 18.7. The van der Waals surface area contributed by atoms with Gasteiger partial charge in [-0.05, 0) is 89.0 Å². The summed E-state index contributed by atoms with van der Waals surface area (Å²) < 4.78 is 4.99. The molecule has 3 atom stereocenters. The Labute approximate surface area is 298 Å². The number of nitrogens with one attached hydrogen (secondary N) is 1. The highest BCUT2D eigenvalue weighted by atomic mass is 16.5. The van der Waals surface area contributed by atoms with Crippen molar-refractivity contribution in [2.45, 2.75) is 118 Å². The lowest BCUT2D eigenvalue weighted by Crippen LogP contribution is -2.53. The van der Waals surface area contributed by atoms with Crippen molar-refractivity contribution in [1.82, 2.24) is 24.9 Å². The van der Waals surface area contributed by atoms with E-state index in [-0.39, 0.29) is 42.5 Å². The summed E-state index contributed by atoms with van der Waals surface area (Å²) in [4.78, 5) is 54.1. The first-order valence-electron chi connectivity index (χ1n) is 18.7. The predicted octanol–water partition coefficient (Wildman–Crippen LogP) is 5.77. The van der Waals surface area contributed by atoms with E-state index in [0.717, 1.165) is 69.6 Å². The van der Waals surface area contributed by atoms with Gasteiger partial charge in [0.2, 0.25) is 18.2 Å². The van der Waals surface area contributed by atoms with E-state index in [0.29, 0.717) is 19.4 Å². The Kier molecular flexibility index (Phi) is 23.3. The SMILES string of the molecule is CC(C)C.CC(C)[C@@H](CN1CCC[C@H]1C(=O)N1CCCC1)N(C)C(=O)CNC=O.CCCC(OC=O)c1ccccc1.CN1CCCCC1. The summed E-state index contributed by atoms with van der Waals surface area (Å²) in [6.45, 7) is 19.3. The van der Waals surface area contributed by atoms with Crippen molar-refractivity contribution in [2.24, 2.45) is 11.8 Å². The smallest absolute Gasteiger partial charge is 0.293 e.